The average molecular weight is 374 g/mol. The van der Waals surface area contributed by atoms with Gasteiger partial charge in [-0.25, -0.2) is 12.8 Å². The van der Waals surface area contributed by atoms with Crippen LogP contribution in [0.4, 0.5) is 4.39 Å². The van der Waals surface area contributed by atoms with Gasteiger partial charge >= 0.3 is 0 Å². The van der Waals surface area contributed by atoms with Gasteiger partial charge in [-0.2, -0.15) is 0 Å². The first-order valence-electron chi connectivity index (χ1n) is 8.12. The third-order valence-electron chi connectivity index (χ3n) is 5.36. The van der Waals surface area contributed by atoms with E-state index in [1.54, 1.807) is 24.3 Å². The van der Waals surface area contributed by atoms with Crippen LogP contribution in [0.3, 0.4) is 0 Å². The molecule has 0 bridgehead atoms. The van der Waals surface area contributed by atoms with Crippen molar-refractivity contribution in [2.24, 2.45) is 0 Å². The molecule has 0 aromatic heterocycles. The summed E-state index contributed by atoms with van der Waals surface area (Å²) in [6.45, 7) is 0.0998. The highest BCUT2D eigenvalue weighted by atomic mass is 35.5. The smallest absolute Gasteiger partial charge is 0.244 e. The van der Waals surface area contributed by atoms with E-state index in [9.17, 15) is 13.2 Å². The molecule has 0 N–H and O–H groups in total. The van der Waals surface area contributed by atoms with Crippen molar-refractivity contribution in [2.75, 3.05) is 19.3 Å². The van der Waals surface area contributed by atoms with E-state index in [0.717, 1.165) is 6.26 Å². The van der Waals surface area contributed by atoms with E-state index in [0.29, 0.717) is 36.3 Å². The van der Waals surface area contributed by atoms with Crippen molar-refractivity contribution in [3.8, 4) is 0 Å². The molecule has 4 nitrogen and oxygen atoms in total. The first-order valence-corrected chi connectivity index (χ1v) is 10.4. The van der Waals surface area contributed by atoms with E-state index in [4.69, 9.17) is 11.6 Å². The molecule has 1 atom stereocenters. The second-order valence-electron chi connectivity index (χ2n) is 6.93. The Kier molecular flexibility index (Phi) is 4.41. The molecule has 0 radical (unpaired) electrons. The Balaban J connectivity index is 1.86. The number of hydrogen-bond acceptors (Lipinski definition) is 3. The molecule has 132 valence electrons. The molecule has 1 heterocycles. The first kappa shape index (κ1) is 17.7. The molecule has 2 fully saturated rings. The van der Waals surface area contributed by atoms with Gasteiger partial charge in [-0.3, -0.25) is 4.79 Å². The number of halogens is 2. The fourth-order valence-corrected chi connectivity index (χ4v) is 5.59. The molecular weight excluding hydrogens is 353 g/mol. The molecule has 2 aliphatic rings. The van der Waals surface area contributed by atoms with Crippen LogP contribution in [0, 0.1) is 0 Å². The predicted octanol–water partition coefficient (Wildman–Crippen LogP) is 3.09. The molecule has 1 unspecified atom stereocenters. The van der Waals surface area contributed by atoms with E-state index in [1.165, 1.54) is 4.90 Å². The van der Waals surface area contributed by atoms with Crippen molar-refractivity contribution in [2.45, 2.75) is 42.5 Å². The van der Waals surface area contributed by atoms with Gasteiger partial charge in [0.1, 0.15) is 0 Å². The van der Waals surface area contributed by atoms with Crippen LogP contribution in [-0.2, 0) is 20.3 Å². The largest absolute Gasteiger partial charge is 0.338 e. The normalized spacial score (nSPS) is 26.7. The summed E-state index contributed by atoms with van der Waals surface area (Å²) in [5, 5.41) is 0.442. The van der Waals surface area contributed by atoms with Crippen LogP contribution in [0.1, 0.15) is 37.7 Å². The number of alkyl halides is 1. The van der Waals surface area contributed by atoms with Gasteiger partial charge in [0.15, 0.2) is 20.3 Å². The average Bonchev–Trinajstić information content (AvgIpc) is 3.14. The van der Waals surface area contributed by atoms with Crippen LogP contribution in [0.15, 0.2) is 24.3 Å². The monoisotopic (exact) mass is 373 g/mol. The lowest BCUT2D eigenvalue weighted by molar-refractivity contribution is -0.133. The van der Waals surface area contributed by atoms with Gasteiger partial charge in [0, 0.05) is 24.2 Å². The van der Waals surface area contributed by atoms with Crippen LogP contribution in [0.2, 0.25) is 5.02 Å². The lowest BCUT2D eigenvalue weighted by Crippen LogP contribution is -2.51. The minimum absolute atomic E-state index is 0.122. The number of hydrogen-bond donors (Lipinski definition) is 0. The summed E-state index contributed by atoms with van der Waals surface area (Å²) >= 11 is 5.94. The molecular formula is C17H21ClFNO3S. The van der Waals surface area contributed by atoms with E-state index in [-0.39, 0.29) is 19.5 Å². The van der Waals surface area contributed by atoms with E-state index in [2.05, 4.69) is 0 Å². The summed E-state index contributed by atoms with van der Waals surface area (Å²) < 4.78 is 38.5. The maximum atomic E-state index is 15.3. The van der Waals surface area contributed by atoms with Crippen LogP contribution in [0.5, 0.6) is 0 Å². The number of likely N-dealkylation sites (tertiary alicyclic amines) is 1. The summed E-state index contributed by atoms with van der Waals surface area (Å²) in [7, 11) is -3.54. The zero-order valence-corrected chi connectivity index (χ0v) is 15.2. The lowest BCUT2D eigenvalue weighted by atomic mass is 9.95. The molecule has 1 saturated heterocycles. The third kappa shape index (κ3) is 2.84. The Morgan fingerprint density at radius 1 is 1.25 bits per heavy atom. The van der Waals surface area contributed by atoms with Gasteiger partial charge in [-0.1, -0.05) is 36.6 Å². The predicted molar refractivity (Wildman–Crippen MR) is 91.5 cm³/mol. The van der Waals surface area contributed by atoms with Crippen molar-refractivity contribution >= 4 is 27.3 Å². The van der Waals surface area contributed by atoms with Gasteiger partial charge in [0.25, 0.3) is 0 Å². The molecule has 1 aromatic carbocycles. The summed E-state index contributed by atoms with van der Waals surface area (Å²) in [6, 6.07) is 6.57. The fraction of sp³-hybridized carbons (Fsp3) is 0.588. The maximum absolute atomic E-state index is 15.3. The minimum atomic E-state index is -3.54. The number of carbonyl (C=O) groups is 1. The van der Waals surface area contributed by atoms with Gasteiger partial charge < -0.3 is 4.90 Å². The van der Waals surface area contributed by atoms with E-state index in [1.807, 2.05) is 0 Å². The number of rotatable bonds is 3. The Morgan fingerprint density at radius 2 is 1.92 bits per heavy atom. The second-order valence-corrected chi connectivity index (χ2v) is 9.69. The number of sulfone groups is 1. The quantitative estimate of drug-likeness (QED) is 0.818. The van der Waals surface area contributed by atoms with Gasteiger partial charge in [0.05, 0.1) is 6.54 Å². The number of amides is 1. The van der Waals surface area contributed by atoms with Crippen molar-refractivity contribution in [3.05, 3.63) is 34.9 Å². The lowest BCUT2D eigenvalue weighted by Gasteiger charge is -2.31. The van der Waals surface area contributed by atoms with Gasteiger partial charge in [-0.05, 0) is 30.5 Å². The topological polar surface area (TPSA) is 54.5 Å². The fourth-order valence-electron chi connectivity index (χ4n) is 3.93. The summed E-state index contributed by atoms with van der Waals surface area (Å²) in [6.07, 6.45) is 3.35. The second kappa shape index (κ2) is 5.99. The van der Waals surface area contributed by atoms with E-state index >= 15 is 4.39 Å². The number of carbonyl (C=O) groups excluding carboxylic acids is 1. The summed E-state index contributed by atoms with van der Waals surface area (Å²) in [5.41, 5.74) is -1.25. The van der Waals surface area contributed by atoms with Crippen molar-refractivity contribution in [3.63, 3.8) is 0 Å². The molecule has 1 aliphatic carbocycles. The highest BCUT2D eigenvalue weighted by Gasteiger charge is 2.54. The zero-order valence-electron chi connectivity index (χ0n) is 13.6. The molecule has 1 saturated carbocycles. The highest BCUT2D eigenvalue weighted by molar-refractivity contribution is 7.92. The third-order valence-corrected chi connectivity index (χ3v) is 7.60. The summed E-state index contributed by atoms with van der Waals surface area (Å²) in [4.78, 5) is 14.3. The Morgan fingerprint density at radius 3 is 2.50 bits per heavy atom. The van der Waals surface area contributed by atoms with Crippen molar-refractivity contribution in [1.82, 2.24) is 4.90 Å². The molecule has 3 rings (SSSR count). The zero-order chi connectivity index (χ0) is 17.6. The van der Waals surface area contributed by atoms with Crippen LogP contribution >= 0.6 is 11.6 Å². The van der Waals surface area contributed by atoms with Crippen LogP contribution < -0.4 is 0 Å². The van der Waals surface area contributed by atoms with Gasteiger partial charge in [0.2, 0.25) is 5.91 Å². The molecule has 7 heteroatoms. The SMILES string of the molecule is CS(=O)(=O)C1(C(=O)N2CCC(F)(c3cccc(Cl)c3)C2)CCCC1. The standard InChI is InChI=1S/C17H21ClFNO3S/c1-24(22,23)17(7-2-3-8-17)15(21)20-10-9-16(19,12-20)13-5-4-6-14(18)11-13/h4-6,11H,2-3,7-10,12H2,1H3. The Hall–Kier alpha value is -1.14. The Labute approximate surface area is 146 Å². The highest BCUT2D eigenvalue weighted by Crippen LogP contribution is 2.42. The molecule has 1 aromatic rings. The maximum Gasteiger partial charge on any atom is 0.244 e. The molecule has 24 heavy (non-hydrogen) atoms. The molecule has 1 aliphatic heterocycles. The summed E-state index contributed by atoms with van der Waals surface area (Å²) in [5.74, 6) is -0.441. The van der Waals surface area contributed by atoms with Crippen molar-refractivity contribution in [1.29, 1.82) is 0 Å². The minimum Gasteiger partial charge on any atom is -0.338 e. The van der Waals surface area contributed by atoms with Gasteiger partial charge in [-0.15, -0.1) is 0 Å². The van der Waals surface area contributed by atoms with Crippen molar-refractivity contribution < 1.29 is 17.6 Å². The molecule has 0 spiro atoms. The number of benzene rings is 1. The van der Waals surface area contributed by atoms with Crippen LogP contribution in [-0.4, -0.2) is 43.3 Å². The van der Waals surface area contributed by atoms with E-state index < -0.39 is 26.2 Å². The first-order chi connectivity index (χ1) is 11.2. The number of nitrogens with zero attached hydrogens (tertiary/aromatic N) is 1. The molecule has 1 amide bonds. The van der Waals surface area contributed by atoms with Crippen LogP contribution in [0.25, 0.3) is 0 Å². The Bertz CT molecular complexity index is 761.